The summed E-state index contributed by atoms with van der Waals surface area (Å²) in [5.74, 6) is 0.161. The number of hydrogen-bond acceptors (Lipinski definition) is 7. The summed E-state index contributed by atoms with van der Waals surface area (Å²) in [7, 11) is -2.08. The van der Waals surface area contributed by atoms with E-state index < -0.39 is 22.0 Å². The molecule has 0 bridgehead atoms. The summed E-state index contributed by atoms with van der Waals surface area (Å²) in [6, 6.07) is 9.49. The zero-order valence-corrected chi connectivity index (χ0v) is 18.2. The van der Waals surface area contributed by atoms with E-state index in [4.69, 9.17) is 4.74 Å². The minimum absolute atomic E-state index is 0.0306. The van der Waals surface area contributed by atoms with Crippen molar-refractivity contribution < 1.29 is 22.7 Å². The number of carbonyl (C=O) groups excluding carboxylic acids is 2. The molecule has 3 amide bonds. The standard InChI is InChI=1S/C19H24N4O5S2/c1-28-15-4-6-17(7-5-15)30(26,27)23-10-8-22(9-11-23)14-18(24)21-19(25)20-13-16-3-2-12-29-16/h2-7,12H,8-11,13-14H2,1H3,(H2,20,21,24,25). The van der Waals surface area contributed by atoms with Gasteiger partial charge in [-0.1, -0.05) is 6.07 Å². The summed E-state index contributed by atoms with van der Waals surface area (Å²) < 4.78 is 32.0. The molecule has 0 saturated carbocycles. The van der Waals surface area contributed by atoms with E-state index in [1.807, 2.05) is 22.4 Å². The third-order valence-corrected chi connectivity index (χ3v) is 7.44. The Labute approximate surface area is 179 Å². The van der Waals surface area contributed by atoms with Gasteiger partial charge in [0, 0.05) is 31.1 Å². The number of hydrogen-bond donors (Lipinski definition) is 2. The molecule has 9 nitrogen and oxygen atoms in total. The van der Waals surface area contributed by atoms with Crippen molar-refractivity contribution >= 4 is 33.3 Å². The van der Waals surface area contributed by atoms with Crippen LogP contribution in [0.4, 0.5) is 4.79 Å². The Morgan fingerprint density at radius 1 is 1.10 bits per heavy atom. The lowest BCUT2D eigenvalue weighted by Gasteiger charge is -2.33. The second-order valence-corrected chi connectivity index (χ2v) is 9.64. The topological polar surface area (TPSA) is 108 Å². The smallest absolute Gasteiger partial charge is 0.321 e. The molecule has 0 spiro atoms. The molecule has 2 N–H and O–H groups in total. The first-order valence-electron chi connectivity index (χ1n) is 9.35. The number of rotatable bonds is 7. The molecule has 0 aliphatic carbocycles. The van der Waals surface area contributed by atoms with Crippen LogP contribution in [0, 0.1) is 0 Å². The van der Waals surface area contributed by atoms with Crippen LogP contribution in [0.1, 0.15) is 4.88 Å². The number of thiophene rings is 1. The van der Waals surface area contributed by atoms with Crippen LogP contribution in [-0.2, 0) is 21.4 Å². The summed E-state index contributed by atoms with van der Waals surface area (Å²) in [6.45, 7) is 1.74. The second-order valence-electron chi connectivity index (χ2n) is 6.67. The first-order chi connectivity index (χ1) is 14.4. The predicted molar refractivity (Wildman–Crippen MR) is 113 cm³/mol. The number of ether oxygens (including phenoxy) is 1. The molecular formula is C19H24N4O5S2. The van der Waals surface area contributed by atoms with Crippen molar-refractivity contribution in [1.82, 2.24) is 19.8 Å². The Balaban J connectivity index is 1.44. The van der Waals surface area contributed by atoms with E-state index in [-0.39, 0.29) is 24.5 Å². The van der Waals surface area contributed by atoms with Gasteiger partial charge in [-0.2, -0.15) is 4.31 Å². The van der Waals surface area contributed by atoms with Gasteiger partial charge in [-0.15, -0.1) is 11.3 Å². The molecule has 1 aromatic heterocycles. The van der Waals surface area contributed by atoms with E-state index >= 15 is 0 Å². The zero-order valence-electron chi connectivity index (χ0n) is 16.5. The van der Waals surface area contributed by atoms with Crippen molar-refractivity contribution in [2.24, 2.45) is 0 Å². The number of amides is 3. The van der Waals surface area contributed by atoms with Gasteiger partial charge in [0.2, 0.25) is 15.9 Å². The third-order valence-electron chi connectivity index (χ3n) is 4.65. The van der Waals surface area contributed by atoms with Crippen molar-refractivity contribution in [3.05, 3.63) is 46.7 Å². The largest absolute Gasteiger partial charge is 0.497 e. The number of nitrogens with one attached hydrogen (secondary N) is 2. The summed E-state index contributed by atoms with van der Waals surface area (Å²) in [5.41, 5.74) is 0. The molecule has 1 aliphatic rings. The van der Waals surface area contributed by atoms with Gasteiger partial charge < -0.3 is 10.1 Å². The molecule has 162 valence electrons. The van der Waals surface area contributed by atoms with Gasteiger partial charge in [-0.25, -0.2) is 13.2 Å². The maximum absolute atomic E-state index is 12.8. The van der Waals surface area contributed by atoms with Gasteiger partial charge in [0.1, 0.15) is 5.75 Å². The van der Waals surface area contributed by atoms with E-state index in [1.54, 1.807) is 12.1 Å². The number of urea groups is 1. The van der Waals surface area contributed by atoms with Crippen molar-refractivity contribution in [3.63, 3.8) is 0 Å². The van der Waals surface area contributed by atoms with Crippen LogP contribution in [0.5, 0.6) is 5.75 Å². The lowest BCUT2D eigenvalue weighted by Crippen LogP contribution is -2.52. The van der Waals surface area contributed by atoms with Crippen LogP contribution in [0.2, 0.25) is 0 Å². The molecule has 3 rings (SSSR count). The Morgan fingerprint density at radius 2 is 1.80 bits per heavy atom. The van der Waals surface area contributed by atoms with E-state index in [9.17, 15) is 18.0 Å². The highest BCUT2D eigenvalue weighted by Crippen LogP contribution is 2.20. The lowest BCUT2D eigenvalue weighted by atomic mass is 10.3. The van der Waals surface area contributed by atoms with E-state index in [2.05, 4.69) is 10.6 Å². The molecule has 1 saturated heterocycles. The fourth-order valence-corrected chi connectivity index (χ4v) is 5.09. The monoisotopic (exact) mass is 452 g/mol. The highest BCUT2D eigenvalue weighted by Gasteiger charge is 2.29. The Bertz CT molecular complexity index is 953. The first kappa shape index (κ1) is 22.2. The lowest BCUT2D eigenvalue weighted by molar-refractivity contribution is -0.121. The van der Waals surface area contributed by atoms with Gasteiger partial charge >= 0.3 is 6.03 Å². The first-order valence-corrected chi connectivity index (χ1v) is 11.7. The zero-order chi connectivity index (χ0) is 21.6. The van der Waals surface area contributed by atoms with Crippen LogP contribution >= 0.6 is 11.3 Å². The summed E-state index contributed by atoms with van der Waals surface area (Å²) in [5, 5.41) is 6.84. The number of methoxy groups -OCH3 is 1. The average Bonchev–Trinajstić information content (AvgIpc) is 3.26. The van der Waals surface area contributed by atoms with Crippen molar-refractivity contribution in [3.8, 4) is 5.75 Å². The molecule has 0 unspecified atom stereocenters. The fraction of sp³-hybridized carbons (Fsp3) is 0.368. The van der Waals surface area contributed by atoms with Crippen LogP contribution in [0.25, 0.3) is 0 Å². The van der Waals surface area contributed by atoms with Gasteiger partial charge in [0.15, 0.2) is 0 Å². The Morgan fingerprint density at radius 3 is 2.40 bits per heavy atom. The normalized spacial score (nSPS) is 15.5. The summed E-state index contributed by atoms with van der Waals surface area (Å²) in [6.07, 6.45) is 0. The van der Waals surface area contributed by atoms with E-state index in [1.165, 1.54) is 34.9 Å². The van der Waals surface area contributed by atoms with Crippen molar-refractivity contribution in [2.75, 3.05) is 39.8 Å². The molecule has 0 atom stereocenters. The molecule has 1 aliphatic heterocycles. The van der Waals surface area contributed by atoms with Gasteiger partial charge in [0.05, 0.1) is 25.1 Å². The molecule has 2 heterocycles. The summed E-state index contributed by atoms with van der Waals surface area (Å²) in [4.78, 5) is 26.9. The van der Waals surface area contributed by atoms with Crippen LogP contribution in [0.15, 0.2) is 46.7 Å². The number of piperazine rings is 1. The van der Waals surface area contributed by atoms with Crippen LogP contribution in [0.3, 0.4) is 0 Å². The molecule has 11 heteroatoms. The average molecular weight is 453 g/mol. The predicted octanol–water partition coefficient (Wildman–Crippen LogP) is 1.09. The molecule has 30 heavy (non-hydrogen) atoms. The van der Waals surface area contributed by atoms with E-state index in [0.717, 1.165) is 4.88 Å². The van der Waals surface area contributed by atoms with Crippen LogP contribution < -0.4 is 15.4 Å². The number of carbonyl (C=O) groups is 2. The highest BCUT2D eigenvalue weighted by atomic mass is 32.2. The Kier molecular flexibility index (Phi) is 7.43. The minimum atomic E-state index is -3.60. The highest BCUT2D eigenvalue weighted by molar-refractivity contribution is 7.89. The number of sulfonamides is 1. The maximum Gasteiger partial charge on any atom is 0.321 e. The van der Waals surface area contributed by atoms with Gasteiger partial charge in [0.25, 0.3) is 0 Å². The maximum atomic E-state index is 12.8. The van der Waals surface area contributed by atoms with Gasteiger partial charge in [-0.3, -0.25) is 15.0 Å². The van der Waals surface area contributed by atoms with Crippen molar-refractivity contribution in [2.45, 2.75) is 11.4 Å². The Hall–Kier alpha value is -2.47. The molecule has 1 fully saturated rings. The minimum Gasteiger partial charge on any atom is -0.497 e. The molecule has 0 radical (unpaired) electrons. The van der Waals surface area contributed by atoms with Crippen LogP contribution in [-0.4, -0.2) is 69.4 Å². The molecule has 2 aromatic rings. The van der Waals surface area contributed by atoms with Gasteiger partial charge in [-0.05, 0) is 35.7 Å². The van der Waals surface area contributed by atoms with Crippen molar-refractivity contribution in [1.29, 1.82) is 0 Å². The number of nitrogens with zero attached hydrogens (tertiary/aromatic N) is 2. The fourth-order valence-electron chi connectivity index (χ4n) is 3.02. The third kappa shape index (κ3) is 5.79. The molecular weight excluding hydrogens is 428 g/mol. The SMILES string of the molecule is COc1ccc(S(=O)(=O)N2CCN(CC(=O)NC(=O)NCc3cccs3)CC2)cc1. The quantitative estimate of drug-likeness (QED) is 0.651. The molecule has 1 aromatic carbocycles. The second kappa shape index (κ2) is 10.0. The number of benzene rings is 1. The summed E-state index contributed by atoms with van der Waals surface area (Å²) >= 11 is 1.52. The van der Waals surface area contributed by atoms with E-state index in [0.29, 0.717) is 25.4 Å². The number of imide groups is 1.